The third-order valence-electron chi connectivity index (χ3n) is 0. The van der Waals surface area contributed by atoms with Gasteiger partial charge in [0.2, 0.25) is 0 Å². The van der Waals surface area contributed by atoms with E-state index < -0.39 is 0 Å². The summed E-state index contributed by atoms with van der Waals surface area (Å²) in [7, 11) is 0. The second-order valence-electron chi connectivity index (χ2n) is 0. The first-order valence-corrected chi connectivity index (χ1v) is 0. The molecule has 4 radical (unpaired) electrons. The molecule has 0 aliphatic carbocycles. The zero-order chi connectivity index (χ0) is 0. The molecule has 0 amide bonds. The molecule has 26 valence electrons. The second-order valence-corrected chi connectivity index (χ2v) is 0. The molecule has 0 fully saturated rings. The average Bonchev–Trinajstić information content (AvgIpc) is 0. The predicted molar refractivity (Wildman–Crippen MR) is 35.6 cm³/mol. The molecule has 0 aromatic rings. The van der Waals surface area contributed by atoms with Crippen LogP contribution in [0.1, 0.15) is 0 Å². The minimum atomic E-state index is 0. The molecule has 0 aromatic heterocycles. The zero-order valence-corrected chi connectivity index (χ0v) is 7.39. The molecule has 0 spiro atoms. The Morgan fingerprint density at radius 1 is 1.00 bits per heavy atom. The molecule has 0 aliphatic rings. The van der Waals surface area contributed by atoms with E-state index in [-0.39, 0.29) is 81.8 Å². The SMILES string of the molecule is [GaH3].[GeH4].[PbH].[SeH]. The Hall–Kier alpha value is 2.62. The van der Waals surface area contributed by atoms with Crippen molar-refractivity contribution in [2.75, 3.05) is 0 Å². The Kier molecular flexibility index (Phi) is 133. The van der Waals surface area contributed by atoms with Gasteiger partial charge in [-0.2, -0.15) is 0 Å². The van der Waals surface area contributed by atoms with Crippen molar-refractivity contribution in [2.24, 2.45) is 0 Å². The summed E-state index contributed by atoms with van der Waals surface area (Å²) in [5.41, 5.74) is 0. The molecule has 4 heavy (non-hydrogen) atoms. The summed E-state index contributed by atoms with van der Waals surface area (Å²) in [5, 5.41) is 0. The van der Waals surface area contributed by atoms with Gasteiger partial charge in [-0.05, 0) is 0 Å². The van der Waals surface area contributed by atoms with E-state index in [4.69, 9.17) is 0 Å². The standard InChI is InChI=1S/Ga.GeH4.Pb.HSe.4H/h;1H4;;1H;;;;. The second kappa shape index (κ2) is 17.5. The first-order chi connectivity index (χ1) is 0. The molecule has 0 heterocycles. The minimum absolute atomic E-state index is 0. The predicted octanol–water partition coefficient (Wildman–Crippen LogP) is -3.93. The van der Waals surface area contributed by atoms with E-state index in [2.05, 4.69) is 0 Å². The summed E-state index contributed by atoms with van der Waals surface area (Å²) < 4.78 is 0. The molecular weight excluding hydrogens is 428 g/mol. The topological polar surface area (TPSA) is 0 Å². The van der Waals surface area contributed by atoms with Crippen molar-refractivity contribution in [1.82, 2.24) is 0 Å². The number of hydrogen-bond donors (Lipinski definition) is 0. The molecule has 0 saturated carbocycles. The van der Waals surface area contributed by atoms with Gasteiger partial charge in [0.15, 0.2) is 0 Å². The van der Waals surface area contributed by atoms with Crippen LogP contribution in [0, 0.1) is 0 Å². The molecule has 0 unspecified atom stereocenters. The van der Waals surface area contributed by atoms with E-state index in [1.165, 1.54) is 0 Å². The molecule has 0 bridgehead atoms. The van der Waals surface area contributed by atoms with Crippen LogP contribution in [0.3, 0.4) is 0 Å². The van der Waals surface area contributed by atoms with Crippen molar-refractivity contribution in [3.05, 3.63) is 0 Å². The first kappa shape index (κ1) is 30.5. The van der Waals surface area contributed by atoms with Crippen LogP contribution >= 0.6 is 0 Å². The Morgan fingerprint density at radius 2 is 1.00 bits per heavy atom. The van der Waals surface area contributed by atoms with Gasteiger partial charge >= 0.3 is 81.8 Å². The first-order valence-electron chi connectivity index (χ1n) is 0. The van der Waals surface area contributed by atoms with Gasteiger partial charge in [-0.15, -0.1) is 0 Å². The summed E-state index contributed by atoms with van der Waals surface area (Å²) in [6, 6.07) is 0. The van der Waals surface area contributed by atoms with Crippen molar-refractivity contribution in [2.45, 2.75) is 0 Å². The third kappa shape index (κ3) is 8.82. The van der Waals surface area contributed by atoms with E-state index >= 15 is 0 Å². The molecule has 0 saturated heterocycles. The zero-order valence-electron chi connectivity index (χ0n) is 1.02. The van der Waals surface area contributed by atoms with Crippen molar-refractivity contribution >= 4 is 81.8 Å². The van der Waals surface area contributed by atoms with Crippen LogP contribution in [0.2, 0.25) is 0 Å². The van der Waals surface area contributed by atoms with Gasteiger partial charge in [0.1, 0.15) is 0 Å². The van der Waals surface area contributed by atoms with Gasteiger partial charge < -0.3 is 0 Å². The molecule has 0 N–H and O–H groups in total. The Morgan fingerprint density at radius 3 is 1.00 bits per heavy atom. The summed E-state index contributed by atoms with van der Waals surface area (Å²) in [6.45, 7) is 0. The van der Waals surface area contributed by atoms with Crippen molar-refractivity contribution < 1.29 is 0 Å². The molecule has 0 nitrogen and oxygen atoms in total. The molecular formula is H9GaGePbSe. The van der Waals surface area contributed by atoms with Gasteiger partial charge in [-0.3, -0.25) is 0 Å². The summed E-state index contributed by atoms with van der Waals surface area (Å²) in [4.78, 5) is 0. The van der Waals surface area contributed by atoms with Gasteiger partial charge in [-0.25, -0.2) is 0 Å². The van der Waals surface area contributed by atoms with Crippen LogP contribution in [0.4, 0.5) is 0 Å². The van der Waals surface area contributed by atoms with E-state index in [0.29, 0.717) is 0 Å². The van der Waals surface area contributed by atoms with Crippen LogP contribution in [0.5, 0.6) is 0 Å². The van der Waals surface area contributed by atoms with Crippen molar-refractivity contribution in [3.8, 4) is 0 Å². The summed E-state index contributed by atoms with van der Waals surface area (Å²) >= 11 is 0. The third-order valence-corrected chi connectivity index (χ3v) is 0. The van der Waals surface area contributed by atoms with Crippen LogP contribution in [0.25, 0.3) is 0 Å². The molecule has 4 heteroatoms. The Labute approximate surface area is 80.5 Å². The van der Waals surface area contributed by atoms with Crippen LogP contribution in [-0.4, -0.2) is 81.8 Å². The maximum atomic E-state index is 0. The van der Waals surface area contributed by atoms with Gasteiger partial charge in [0.05, 0.1) is 0 Å². The molecule has 0 rings (SSSR count). The monoisotopic (exact) mass is 440 g/mol. The molecule has 0 aromatic carbocycles. The fourth-order valence-corrected chi connectivity index (χ4v) is 0. The average molecular weight is 438 g/mol. The molecule has 0 atom stereocenters. The van der Waals surface area contributed by atoms with E-state index in [1.54, 1.807) is 0 Å². The van der Waals surface area contributed by atoms with Crippen LogP contribution in [-0.2, 0) is 0 Å². The maximum absolute atomic E-state index is 0. The van der Waals surface area contributed by atoms with Crippen molar-refractivity contribution in [1.29, 1.82) is 0 Å². The van der Waals surface area contributed by atoms with E-state index in [0.717, 1.165) is 0 Å². The fraction of sp³-hybridized carbons (Fsp3) is 0. The summed E-state index contributed by atoms with van der Waals surface area (Å²) in [6.07, 6.45) is 0. The Bertz CT molecular complexity index is 8.00. The van der Waals surface area contributed by atoms with Gasteiger partial charge in [0.25, 0.3) is 0 Å². The van der Waals surface area contributed by atoms with Crippen molar-refractivity contribution in [3.63, 3.8) is 0 Å². The van der Waals surface area contributed by atoms with Crippen LogP contribution < -0.4 is 0 Å². The number of hydrogen-bond acceptors (Lipinski definition) is 0. The fourth-order valence-electron chi connectivity index (χ4n) is 0. The van der Waals surface area contributed by atoms with Gasteiger partial charge in [-0.1, -0.05) is 0 Å². The van der Waals surface area contributed by atoms with Gasteiger partial charge in [0, 0.05) is 0 Å². The summed E-state index contributed by atoms with van der Waals surface area (Å²) in [5.74, 6) is 0. The van der Waals surface area contributed by atoms with E-state index in [9.17, 15) is 0 Å². The normalized spacial score (nSPS) is 0. The van der Waals surface area contributed by atoms with E-state index in [1.807, 2.05) is 0 Å². The quantitative estimate of drug-likeness (QED) is 0.340. The molecule has 0 aliphatic heterocycles. The number of rotatable bonds is 0. The Balaban J connectivity index is 0. The van der Waals surface area contributed by atoms with Crippen LogP contribution in [0.15, 0.2) is 0 Å².